The number of anilines is 1. The highest BCUT2D eigenvalue weighted by molar-refractivity contribution is 8.12. The molecule has 25 nitrogen and oxygen atoms in total. The molecule has 3 fully saturated rings. The normalized spacial score (nSPS) is 15.5. The predicted molar refractivity (Wildman–Crippen MR) is 423 cm³/mol. The van der Waals surface area contributed by atoms with Crippen LogP contribution in [0.25, 0.3) is 26.5 Å². The minimum absolute atomic E-state index is 0.0146. The van der Waals surface area contributed by atoms with Crippen molar-refractivity contribution in [2.75, 3.05) is 137 Å². The summed E-state index contributed by atoms with van der Waals surface area (Å²) in [4.78, 5) is 40.3. The number of aliphatic hydroxyl groups excluding tert-OH is 4. The largest absolute Gasteiger partial charge is 0.464 e. The van der Waals surface area contributed by atoms with E-state index in [2.05, 4.69) is 164 Å². The van der Waals surface area contributed by atoms with Gasteiger partial charge in [-0.05, 0) is 105 Å². The van der Waals surface area contributed by atoms with Gasteiger partial charge in [0.25, 0.3) is 10.0 Å². The Balaban J connectivity index is 0.000000249. The first-order chi connectivity index (χ1) is 53.4. The van der Waals surface area contributed by atoms with Crippen molar-refractivity contribution in [3.63, 3.8) is 0 Å². The summed E-state index contributed by atoms with van der Waals surface area (Å²) in [5.41, 5.74) is 12.4. The van der Waals surface area contributed by atoms with Crippen molar-refractivity contribution in [2.24, 2.45) is 0 Å². The second-order valence-corrected chi connectivity index (χ2v) is 34.8. The van der Waals surface area contributed by atoms with Gasteiger partial charge in [0, 0.05) is 82.8 Å². The van der Waals surface area contributed by atoms with Gasteiger partial charge in [-0.2, -0.15) is 30.6 Å². The van der Waals surface area contributed by atoms with E-state index in [1.54, 1.807) is 4.90 Å². The average molecular weight is 1670 g/mol. The Morgan fingerprint density at radius 1 is 0.628 bits per heavy atom. The number of piperidine rings is 1. The molecule has 113 heavy (non-hydrogen) atoms. The van der Waals surface area contributed by atoms with Crippen molar-refractivity contribution >= 4 is 69.7 Å². The average Bonchev–Trinajstić information content (AvgIpc) is 1.23. The lowest BCUT2D eigenvalue weighted by Gasteiger charge is -2.40. The van der Waals surface area contributed by atoms with E-state index < -0.39 is 90.3 Å². The third kappa shape index (κ3) is 29.4. The SMILES string of the molecule is CC(C)c1cccc(C(C)C)c1N.CCC(C)(C)OC(=O)N1CCC(O)CC1.CS(=O)(=O)[N-]S(=O)(=O)C(F)(F)C(F)(F)C(F)(F)S(=O)(=O)N1CCN(C2CCOC2=O)CC1.OCCOCCN(CCOCCO)CCOCCO.c1ccc(-c2nc3ccccc3[nH]2)cc1.c1ccc([S+](c2ccccc2)c2ccccc2)cc1. The molecule has 628 valence electrons. The number of benzene rings is 6. The lowest BCUT2D eigenvalue weighted by Crippen LogP contribution is -2.64. The van der Waals surface area contributed by atoms with Crippen LogP contribution in [0.5, 0.6) is 0 Å². The number of nitrogens with two attached hydrogens (primary N) is 1. The van der Waals surface area contributed by atoms with Gasteiger partial charge in [0.2, 0.25) is 0 Å². The van der Waals surface area contributed by atoms with Gasteiger partial charge in [0.15, 0.2) is 24.7 Å². The topological polar surface area (TPSA) is 345 Å². The van der Waals surface area contributed by atoms with Crippen LogP contribution in [0, 0.1) is 0 Å². The maximum Gasteiger partial charge on any atom is 0.428 e. The fourth-order valence-electron chi connectivity index (χ4n) is 11.2. The van der Waals surface area contributed by atoms with Crippen molar-refractivity contribution < 1.29 is 105 Å². The van der Waals surface area contributed by atoms with Crippen LogP contribution < -0.4 is 5.73 Å². The number of carbonyl (C=O) groups excluding carboxylic acids is 2. The van der Waals surface area contributed by atoms with E-state index in [0.717, 1.165) is 54.2 Å². The van der Waals surface area contributed by atoms with Crippen molar-refractivity contribution in [1.29, 1.82) is 0 Å². The number of fused-ring (bicyclic) bond motifs is 1. The van der Waals surface area contributed by atoms with Gasteiger partial charge >= 0.3 is 28.5 Å². The lowest BCUT2D eigenvalue weighted by molar-refractivity contribution is -0.244. The molecule has 3 aliphatic heterocycles. The number of alkyl halides is 6. The van der Waals surface area contributed by atoms with Crippen LogP contribution in [0.1, 0.15) is 97.1 Å². The predicted octanol–water partition coefficient (Wildman–Crippen LogP) is 11.3. The zero-order valence-electron chi connectivity index (χ0n) is 64.9. The number of carbonyl (C=O) groups is 2. The molecule has 0 saturated carbocycles. The van der Waals surface area contributed by atoms with Crippen molar-refractivity contribution in [3.05, 3.63) is 179 Å². The molecule has 0 radical (unpaired) electrons. The summed E-state index contributed by atoms with van der Waals surface area (Å²) in [6.07, 6.45) is 1.71. The van der Waals surface area contributed by atoms with E-state index >= 15 is 0 Å². The van der Waals surface area contributed by atoms with Gasteiger partial charge in [0.05, 0.1) is 104 Å². The molecule has 1 amide bonds. The number of aromatic nitrogens is 2. The highest BCUT2D eigenvalue weighted by Gasteiger charge is 2.81. The Morgan fingerprint density at radius 2 is 1.06 bits per heavy atom. The molecule has 1 atom stereocenters. The summed E-state index contributed by atoms with van der Waals surface area (Å²) in [7, 11) is -19.0. The minimum atomic E-state index is -7.14. The van der Waals surface area contributed by atoms with Crippen LogP contribution in [-0.2, 0) is 69.4 Å². The van der Waals surface area contributed by atoms with Gasteiger partial charge < -0.3 is 63.9 Å². The van der Waals surface area contributed by atoms with E-state index in [0.29, 0.717) is 77.4 Å². The van der Waals surface area contributed by atoms with Crippen LogP contribution >= 0.6 is 0 Å². The number of H-pyrrole nitrogens is 1. The molecule has 0 bridgehead atoms. The van der Waals surface area contributed by atoms with Crippen LogP contribution in [0.4, 0.5) is 36.8 Å². The van der Waals surface area contributed by atoms with Gasteiger partial charge in [-0.3, -0.25) is 14.6 Å². The van der Waals surface area contributed by atoms with Crippen molar-refractivity contribution in [3.8, 4) is 11.4 Å². The molecule has 10 rings (SSSR count). The van der Waals surface area contributed by atoms with Crippen LogP contribution in [-0.4, -0.2) is 252 Å². The van der Waals surface area contributed by atoms with Gasteiger partial charge in [-0.1, -0.05) is 150 Å². The Morgan fingerprint density at radius 3 is 1.46 bits per heavy atom. The number of rotatable bonds is 31. The first-order valence-corrected chi connectivity index (χ1v) is 42.8. The number of para-hydroxylation sites is 3. The number of halogens is 6. The molecule has 0 spiro atoms. The zero-order valence-corrected chi connectivity index (χ0v) is 68.2. The number of nitrogens with one attached hydrogen (secondary N) is 1. The summed E-state index contributed by atoms with van der Waals surface area (Å²) < 4.78 is 180. The quantitative estimate of drug-likeness (QED) is 0.00773. The summed E-state index contributed by atoms with van der Waals surface area (Å²) in [6.45, 7) is 18.0. The molecule has 1 aromatic heterocycles. The third-order valence-corrected chi connectivity index (χ3v) is 24.6. The first-order valence-electron chi connectivity index (χ1n) is 36.8. The number of esters is 1. The van der Waals surface area contributed by atoms with Crippen LogP contribution in [0.3, 0.4) is 0 Å². The van der Waals surface area contributed by atoms with Crippen molar-refractivity contribution in [1.82, 2.24) is 29.0 Å². The van der Waals surface area contributed by atoms with E-state index in [4.69, 9.17) is 44.7 Å². The number of sulfonamides is 3. The molecule has 3 aliphatic rings. The number of imidazole rings is 1. The standard InChI is InChI=1S/C18H15S.C13H10N2.C12H16F6N3O8S3.C12H27NO6.C12H19N.C11H21NO3/c1-4-10-16(11-5-1)19(17-12-6-2-7-13-17)18-14-8-3-9-15-18;1-2-6-10(7-3-1)13-14-11-8-4-5-9-12(11)15-13;1-30(23,24)19-31(25,26)11(15,16)10(13,14)12(17,18)32(27,28)21-5-3-20(4-6-21)8-2-7-29-9(8)22;14-4-10-17-7-1-13(2-8-18-11-5-15)3-9-19-12-6-16;1-8(2)10-6-5-7-11(9(3)4)12(10)13;1-4-11(2,3)15-10(14)12-7-5-9(13)6-8-12/h1-15H;1-9H,(H,14,15);8H,2-7H2,1H3;14-16H,1-12H2;5-9H,13H2,1-4H3;9,13H,4-8H2,1-3H3/q+1;;-1;;;. The third-order valence-electron chi connectivity index (χ3n) is 17.7. The highest BCUT2D eigenvalue weighted by atomic mass is 32.3. The fourth-order valence-corrected chi connectivity index (χ4v) is 17.0. The number of aromatic amines is 1. The smallest absolute Gasteiger partial charge is 0.428 e. The van der Waals surface area contributed by atoms with E-state index in [9.17, 15) is 66.3 Å². The second-order valence-electron chi connectivity index (χ2n) is 27.2. The van der Waals surface area contributed by atoms with E-state index in [-0.39, 0.29) is 66.5 Å². The summed E-state index contributed by atoms with van der Waals surface area (Å²) in [5.74, 6) is -5.83. The van der Waals surface area contributed by atoms with Crippen molar-refractivity contribution in [2.45, 2.75) is 135 Å². The lowest BCUT2D eigenvalue weighted by atomic mass is 9.93. The number of nitrogens with zero attached hydrogens (tertiary/aromatic N) is 6. The number of hydrogen-bond donors (Lipinski definition) is 6. The molecular formula is C78H108F6N8O17S4. The number of amides is 1. The number of ether oxygens (including phenoxy) is 5. The summed E-state index contributed by atoms with van der Waals surface area (Å²) in [5, 5.41) is 21.5. The Labute approximate surface area is 662 Å². The summed E-state index contributed by atoms with van der Waals surface area (Å²) in [6, 6.07) is 55.9. The van der Waals surface area contributed by atoms with Gasteiger partial charge in [0.1, 0.15) is 17.5 Å². The Hall–Kier alpha value is -7.33. The molecular weight excluding hydrogens is 1560 g/mol. The maximum absolute atomic E-state index is 14.3. The number of hydrogen-bond acceptors (Lipinski definition) is 21. The molecule has 1 unspecified atom stereocenters. The van der Waals surface area contributed by atoms with Gasteiger partial charge in [-0.25, -0.2) is 35.0 Å². The number of aliphatic hydroxyl groups is 4. The number of cyclic esters (lactones) is 1. The number of likely N-dealkylation sites (tertiary alicyclic amines) is 1. The van der Waals surface area contributed by atoms with E-state index in [1.807, 2.05) is 63.2 Å². The second kappa shape index (κ2) is 46.4. The van der Waals surface area contributed by atoms with Crippen LogP contribution in [0.15, 0.2) is 178 Å². The monoisotopic (exact) mass is 1670 g/mol. The Bertz CT molecular complexity index is 4110. The number of piperazine rings is 1. The molecule has 7 N–H and O–H groups in total. The van der Waals surface area contributed by atoms with Gasteiger partial charge in [-0.15, -0.1) is 0 Å². The number of nitrogen functional groups attached to an aromatic ring is 1. The maximum atomic E-state index is 14.3. The molecule has 0 aliphatic carbocycles. The molecule has 35 heteroatoms. The fraction of sp³-hybridized carbons (Fsp3) is 0.500. The molecule has 7 aromatic rings. The molecule has 4 heterocycles. The molecule has 6 aromatic carbocycles. The Kier molecular flexibility index (Phi) is 39.5. The molecule has 3 saturated heterocycles. The first kappa shape index (κ1) is 96.3. The van der Waals surface area contributed by atoms with Crippen LogP contribution in [0.2, 0.25) is 0 Å². The highest BCUT2D eigenvalue weighted by Crippen LogP contribution is 2.53. The zero-order chi connectivity index (χ0) is 83.6. The minimum Gasteiger partial charge on any atom is -0.464 e. The van der Waals surface area contributed by atoms with E-state index in [1.165, 1.54) is 34.8 Å². The summed E-state index contributed by atoms with van der Waals surface area (Å²) >= 11 is 0.